The number of carbonyl (C=O) groups is 3. The number of benzene rings is 2. The zero-order valence-corrected chi connectivity index (χ0v) is 23.0. The lowest BCUT2D eigenvalue weighted by Gasteiger charge is -2.45. The van der Waals surface area contributed by atoms with Gasteiger partial charge in [0.1, 0.15) is 0 Å². The number of anilines is 1. The summed E-state index contributed by atoms with van der Waals surface area (Å²) in [4.78, 5) is 46.1. The largest absolute Gasteiger partial charge is 0.469 e. The predicted molar refractivity (Wildman–Crippen MR) is 143 cm³/mol. The Hall–Kier alpha value is -3.38. The lowest BCUT2D eigenvalue weighted by Crippen LogP contribution is -2.70. The summed E-state index contributed by atoms with van der Waals surface area (Å²) in [7, 11) is 1.25. The molecule has 3 rings (SSSR count). The van der Waals surface area contributed by atoms with Crippen LogP contribution >= 0.6 is 11.6 Å². The third kappa shape index (κ3) is 6.73. The molecule has 0 aromatic heterocycles. The fourth-order valence-electron chi connectivity index (χ4n) is 4.06. The Morgan fingerprint density at radius 2 is 1.82 bits per heavy atom. The Morgan fingerprint density at radius 1 is 1.16 bits per heavy atom. The number of hydrazine groups is 1. The Kier molecular flexibility index (Phi) is 9.21. The molecule has 0 radical (unpaired) electrons. The summed E-state index contributed by atoms with van der Waals surface area (Å²) >= 11 is 6.53. The van der Waals surface area contributed by atoms with Crippen LogP contribution in [-0.4, -0.2) is 58.4 Å². The molecular formula is C26H35ClN6O5. The minimum Gasteiger partial charge on any atom is -0.469 e. The molecule has 2 atom stereocenters. The van der Waals surface area contributed by atoms with Gasteiger partial charge in [-0.2, -0.15) is 0 Å². The summed E-state index contributed by atoms with van der Waals surface area (Å²) in [5.41, 5.74) is 2.63. The van der Waals surface area contributed by atoms with E-state index in [0.717, 1.165) is 26.6 Å². The maximum atomic E-state index is 13.6. The number of ether oxygens (including phenoxy) is 1. The lowest BCUT2D eigenvalue weighted by molar-refractivity contribution is -0.145. The molecule has 206 valence electrons. The molecule has 1 aliphatic heterocycles. The van der Waals surface area contributed by atoms with E-state index in [1.807, 2.05) is 51.1 Å². The highest BCUT2D eigenvalue weighted by molar-refractivity contribution is 6.31. The molecule has 1 saturated heterocycles. The standard InChI is InChI=1S/C26H35ClN6O5/c1-16-6-8-18(9-7-16)15-31-23(30-20-11-10-19(21(27)12-20)13-26(3,4)38-29)33(28)25(36)32(24(31)35)14-17(2)22(34)37-5/h6-12,17,23,30H,13-15,28-29H2,1-5H3/t17-,23?/m0/s1. The Balaban J connectivity index is 1.92. The molecule has 1 heterocycles. The van der Waals surface area contributed by atoms with Crippen molar-refractivity contribution >= 4 is 35.3 Å². The number of methoxy groups -OCH3 is 1. The van der Waals surface area contributed by atoms with E-state index < -0.39 is 35.8 Å². The molecule has 2 aromatic rings. The maximum Gasteiger partial charge on any atom is 0.345 e. The summed E-state index contributed by atoms with van der Waals surface area (Å²) in [6, 6.07) is 11.6. The Bertz CT molecular complexity index is 1180. The second-order valence-electron chi connectivity index (χ2n) is 10.00. The Labute approximate surface area is 227 Å². The second-order valence-corrected chi connectivity index (χ2v) is 10.4. The van der Waals surface area contributed by atoms with Crippen molar-refractivity contribution in [2.24, 2.45) is 17.7 Å². The summed E-state index contributed by atoms with van der Waals surface area (Å²) in [6.45, 7) is 7.18. The van der Waals surface area contributed by atoms with Gasteiger partial charge in [0, 0.05) is 23.7 Å². The third-order valence-electron chi connectivity index (χ3n) is 6.30. The molecule has 1 aliphatic rings. The van der Waals surface area contributed by atoms with E-state index in [0.29, 0.717) is 17.1 Å². The number of nitrogens with one attached hydrogen (secondary N) is 1. The van der Waals surface area contributed by atoms with Crippen molar-refractivity contribution in [1.29, 1.82) is 0 Å². The van der Waals surface area contributed by atoms with Crippen LogP contribution in [0.5, 0.6) is 0 Å². The quantitative estimate of drug-likeness (QED) is 0.177. The summed E-state index contributed by atoms with van der Waals surface area (Å²) in [5.74, 6) is 10.3. The predicted octanol–water partition coefficient (Wildman–Crippen LogP) is 3.60. The van der Waals surface area contributed by atoms with Gasteiger partial charge >= 0.3 is 18.0 Å². The lowest BCUT2D eigenvalue weighted by atomic mass is 9.98. The molecule has 11 nitrogen and oxygen atoms in total. The highest BCUT2D eigenvalue weighted by atomic mass is 35.5. The zero-order chi connectivity index (χ0) is 28.2. The van der Waals surface area contributed by atoms with Crippen molar-refractivity contribution in [2.45, 2.75) is 52.6 Å². The highest BCUT2D eigenvalue weighted by Gasteiger charge is 2.44. The number of hydrogen-bond donors (Lipinski definition) is 3. The van der Waals surface area contributed by atoms with Crippen molar-refractivity contribution in [3.8, 4) is 0 Å². The van der Waals surface area contributed by atoms with E-state index in [2.05, 4.69) is 5.32 Å². The van der Waals surface area contributed by atoms with E-state index in [4.69, 9.17) is 32.9 Å². The number of aryl methyl sites for hydroxylation is 1. The van der Waals surface area contributed by atoms with Crippen LogP contribution in [0.4, 0.5) is 15.3 Å². The van der Waals surface area contributed by atoms with Crippen molar-refractivity contribution in [1.82, 2.24) is 14.8 Å². The average Bonchev–Trinajstić information content (AvgIpc) is 2.89. The van der Waals surface area contributed by atoms with E-state index in [9.17, 15) is 14.4 Å². The van der Waals surface area contributed by atoms with Gasteiger partial charge in [-0.05, 0) is 44.0 Å². The van der Waals surface area contributed by atoms with Gasteiger partial charge in [0.25, 0.3) is 0 Å². The number of nitrogens with two attached hydrogens (primary N) is 2. The zero-order valence-electron chi connectivity index (χ0n) is 22.2. The van der Waals surface area contributed by atoms with Gasteiger partial charge < -0.3 is 10.1 Å². The summed E-state index contributed by atoms with van der Waals surface area (Å²) in [6.07, 6.45) is -0.564. The number of urea groups is 2. The normalized spacial score (nSPS) is 17.1. The number of nitrogens with zero attached hydrogens (tertiary/aromatic N) is 3. The number of amides is 4. The van der Waals surface area contributed by atoms with E-state index >= 15 is 0 Å². The summed E-state index contributed by atoms with van der Waals surface area (Å²) < 4.78 is 4.76. The molecule has 38 heavy (non-hydrogen) atoms. The molecule has 0 bridgehead atoms. The second kappa shape index (κ2) is 12.0. The molecule has 0 saturated carbocycles. The number of esters is 1. The molecule has 4 amide bonds. The van der Waals surface area contributed by atoms with Crippen molar-refractivity contribution in [3.63, 3.8) is 0 Å². The molecule has 12 heteroatoms. The van der Waals surface area contributed by atoms with Gasteiger partial charge in [-0.15, -0.1) is 0 Å². The van der Waals surface area contributed by atoms with Crippen LogP contribution in [-0.2, 0) is 27.3 Å². The number of carbonyl (C=O) groups excluding carboxylic acids is 3. The SMILES string of the molecule is COC(=O)[C@@H](C)CN1C(=O)N(N)C(Nc2ccc(CC(C)(C)ON)c(Cl)c2)N(Cc2ccc(C)cc2)C1=O. The van der Waals surface area contributed by atoms with Crippen LogP contribution in [0.25, 0.3) is 0 Å². The molecule has 2 aromatic carbocycles. The maximum absolute atomic E-state index is 13.6. The first-order chi connectivity index (χ1) is 17.9. The van der Waals surface area contributed by atoms with Gasteiger partial charge in [-0.3, -0.25) is 14.5 Å². The molecule has 0 spiro atoms. The average molecular weight is 547 g/mol. The smallest absolute Gasteiger partial charge is 0.345 e. The van der Waals surface area contributed by atoms with Crippen molar-refractivity contribution in [2.75, 3.05) is 19.0 Å². The van der Waals surface area contributed by atoms with Crippen LogP contribution in [0.3, 0.4) is 0 Å². The van der Waals surface area contributed by atoms with Gasteiger partial charge in [0.2, 0.25) is 6.29 Å². The number of rotatable bonds is 10. The van der Waals surface area contributed by atoms with Gasteiger partial charge in [0.15, 0.2) is 0 Å². The number of hydrogen-bond acceptors (Lipinski definition) is 8. The van der Waals surface area contributed by atoms with Crippen LogP contribution in [0.1, 0.15) is 37.5 Å². The van der Waals surface area contributed by atoms with Crippen LogP contribution < -0.4 is 17.1 Å². The highest BCUT2D eigenvalue weighted by Crippen LogP contribution is 2.28. The van der Waals surface area contributed by atoms with E-state index in [1.54, 1.807) is 19.1 Å². The molecule has 1 unspecified atom stereocenters. The fourth-order valence-corrected chi connectivity index (χ4v) is 4.31. The van der Waals surface area contributed by atoms with Gasteiger partial charge in [-0.1, -0.05) is 54.4 Å². The fraction of sp³-hybridized carbons (Fsp3) is 0.423. The van der Waals surface area contributed by atoms with E-state index in [1.165, 1.54) is 12.0 Å². The number of halogens is 1. The van der Waals surface area contributed by atoms with Crippen LogP contribution in [0, 0.1) is 12.8 Å². The summed E-state index contributed by atoms with van der Waals surface area (Å²) in [5, 5.41) is 4.53. The minimum absolute atomic E-state index is 0.148. The van der Waals surface area contributed by atoms with Gasteiger partial charge in [-0.25, -0.2) is 31.2 Å². The first-order valence-corrected chi connectivity index (χ1v) is 12.5. The van der Waals surface area contributed by atoms with Crippen LogP contribution in [0.15, 0.2) is 42.5 Å². The third-order valence-corrected chi connectivity index (χ3v) is 6.66. The van der Waals surface area contributed by atoms with Crippen molar-refractivity contribution < 1.29 is 24.0 Å². The molecule has 5 N–H and O–H groups in total. The first kappa shape index (κ1) is 29.2. The monoisotopic (exact) mass is 546 g/mol. The van der Waals surface area contributed by atoms with Crippen molar-refractivity contribution in [3.05, 3.63) is 64.2 Å². The van der Waals surface area contributed by atoms with Gasteiger partial charge in [0.05, 0.1) is 25.2 Å². The molecule has 1 fully saturated rings. The van der Waals surface area contributed by atoms with Crippen LogP contribution in [0.2, 0.25) is 5.02 Å². The molecule has 0 aliphatic carbocycles. The topological polar surface area (TPSA) is 143 Å². The van der Waals surface area contributed by atoms with E-state index in [-0.39, 0.29) is 13.1 Å². The minimum atomic E-state index is -1.04. The molecular weight excluding hydrogens is 512 g/mol. The number of imide groups is 1. The first-order valence-electron chi connectivity index (χ1n) is 12.1. The Morgan fingerprint density at radius 3 is 2.39 bits per heavy atom.